The molecule has 0 aliphatic carbocycles. The summed E-state index contributed by atoms with van der Waals surface area (Å²) < 4.78 is 0. The van der Waals surface area contributed by atoms with Crippen LogP contribution in [0.1, 0.15) is 20.2 Å². The molecule has 5 heteroatoms. The lowest BCUT2D eigenvalue weighted by atomic mass is 10.2. The Hall–Kier alpha value is -1.88. The lowest BCUT2D eigenvalue weighted by Gasteiger charge is -2.16. The molecule has 1 aromatic carbocycles. The topological polar surface area (TPSA) is 59.2 Å². The maximum Gasteiger partial charge on any atom is 0.253 e. The standard InChI is InChI=1S/C13H15N3OS/c1-9-15-7-12(18-9)8-16(2)13(17)10-3-5-11(14)6-4-10/h3-7H,8,14H2,1-2H3. The van der Waals surface area contributed by atoms with E-state index in [9.17, 15) is 4.79 Å². The van der Waals surface area contributed by atoms with Crippen LogP contribution in [0.2, 0.25) is 0 Å². The first-order valence-corrected chi connectivity index (χ1v) is 6.40. The first-order valence-electron chi connectivity index (χ1n) is 5.58. The minimum atomic E-state index is -0.0129. The number of amides is 1. The van der Waals surface area contributed by atoms with Gasteiger partial charge in [0.15, 0.2) is 0 Å². The fraction of sp³-hybridized carbons (Fsp3) is 0.231. The van der Waals surface area contributed by atoms with Crippen LogP contribution in [0, 0.1) is 6.92 Å². The Morgan fingerprint density at radius 1 is 1.39 bits per heavy atom. The molecule has 18 heavy (non-hydrogen) atoms. The van der Waals surface area contributed by atoms with Crippen molar-refractivity contribution in [1.82, 2.24) is 9.88 Å². The van der Waals surface area contributed by atoms with Crippen LogP contribution in [-0.2, 0) is 6.54 Å². The molecule has 0 radical (unpaired) electrons. The average molecular weight is 261 g/mol. The van der Waals surface area contributed by atoms with Gasteiger partial charge in [0.05, 0.1) is 11.6 Å². The highest BCUT2D eigenvalue weighted by Gasteiger charge is 2.12. The Balaban J connectivity index is 2.07. The quantitative estimate of drug-likeness (QED) is 0.862. The van der Waals surface area contributed by atoms with E-state index in [4.69, 9.17) is 5.73 Å². The number of anilines is 1. The van der Waals surface area contributed by atoms with E-state index < -0.39 is 0 Å². The highest BCUT2D eigenvalue weighted by atomic mass is 32.1. The second kappa shape index (κ2) is 5.18. The SMILES string of the molecule is Cc1ncc(CN(C)C(=O)c2ccc(N)cc2)s1. The predicted molar refractivity (Wildman–Crippen MR) is 73.5 cm³/mol. The molecular formula is C13H15N3OS. The number of rotatable bonds is 3. The highest BCUT2D eigenvalue weighted by molar-refractivity contribution is 7.11. The van der Waals surface area contributed by atoms with E-state index in [1.165, 1.54) is 0 Å². The molecule has 0 spiro atoms. The van der Waals surface area contributed by atoms with E-state index in [0.29, 0.717) is 17.8 Å². The molecule has 0 bridgehead atoms. The van der Waals surface area contributed by atoms with Gasteiger partial charge in [0.1, 0.15) is 0 Å². The molecule has 0 saturated heterocycles. The summed E-state index contributed by atoms with van der Waals surface area (Å²) in [6, 6.07) is 6.95. The van der Waals surface area contributed by atoms with Crippen LogP contribution in [0.3, 0.4) is 0 Å². The number of hydrogen-bond donors (Lipinski definition) is 1. The minimum Gasteiger partial charge on any atom is -0.399 e. The predicted octanol–water partition coefficient (Wildman–Crippen LogP) is 2.31. The number of nitrogens with zero attached hydrogens (tertiary/aromatic N) is 2. The maximum atomic E-state index is 12.1. The third kappa shape index (κ3) is 2.87. The van der Waals surface area contributed by atoms with Crippen molar-refractivity contribution in [3.05, 3.63) is 45.9 Å². The number of benzene rings is 1. The number of carbonyl (C=O) groups is 1. The number of nitrogen functional groups attached to an aromatic ring is 1. The molecule has 2 N–H and O–H groups in total. The number of thiazole rings is 1. The van der Waals surface area contributed by atoms with Crippen LogP contribution >= 0.6 is 11.3 Å². The van der Waals surface area contributed by atoms with Crippen LogP contribution in [0.5, 0.6) is 0 Å². The number of hydrogen-bond acceptors (Lipinski definition) is 4. The highest BCUT2D eigenvalue weighted by Crippen LogP contribution is 2.15. The summed E-state index contributed by atoms with van der Waals surface area (Å²) in [5.74, 6) is -0.0129. The molecule has 0 saturated carbocycles. The van der Waals surface area contributed by atoms with Gasteiger partial charge >= 0.3 is 0 Å². The van der Waals surface area contributed by atoms with Gasteiger partial charge in [-0.25, -0.2) is 4.98 Å². The maximum absolute atomic E-state index is 12.1. The smallest absolute Gasteiger partial charge is 0.253 e. The largest absolute Gasteiger partial charge is 0.399 e. The fourth-order valence-electron chi connectivity index (χ4n) is 1.63. The second-order valence-electron chi connectivity index (χ2n) is 4.13. The van der Waals surface area contributed by atoms with E-state index in [0.717, 1.165) is 9.88 Å². The fourth-order valence-corrected chi connectivity index (χ4v) is 2.48. The summed E-state index contributed by atoms with van der Waals surface area (Å²) in [4.78, 5) is 19.1. The molecule has 0 fully saturated rings. The van der Waals surface area contributed by atoms with Crippen molar-refractivity contribution < 1.29 is 4.79 Å². The van der Waals surface area contributed by atoms with Crippen molar-refractivity contribution in [1.29, 1.82) is 0 Å². The Morgan fingerprint density at radius 2 is 2.06 bits per heavy atom. The van der Waals surface area contributed by atoms with E-state index in [1.807, 2.05) is 13.1 Å². The molecule has 2 aromatic rings. The van der Waals surface area contributed by atoms with Gasteiger partial charge in [0.25, 0.3) is 5.91 Å². The number of aromatic nitrogens is 1. The van der Waals surface area contributed by atoms with E-state index in [2.05, 4.69) is 4.98 Å². The van der Waals surface area contributed by atoms with E-state index in [-0.39, 0.29) is 5.91 Å². The monoisotopic (exact) mass is 261 g/mol. The number of carbonyl (C=O) groups excluding carboxylic acids is 1. The first kappa shape index (κ1) is 12.6. The lowest BCUT2D eigenvalue weighted by molar-refractivity contribution is 0.0786. The Bertz CT molecular complexity index is 548. The third-order valence-corrected chi connectivity index (χ3v) is 3.46. The van der Waals surface area contributed by atoms with Gasteiger partial charge in [-0.15, -0.1) is 11.3 Å². The molecule has 1 heterocycles. The third-order valence-electron chi connectivity index (χ3n) is 2.57. The molecule has 0 unspecified atom stereocenters. The molecular weight excluding hydrogens is 246 g/mol. The molecule has 0 atom stereocenters. The van der Waals surface area contributed by atoms with Gasteiger partial charge in [0, 0.05) is 29.4 Å². The summed E-state index contributed by atoms with van der Waals surface area (Å²) in [6.45, 7) is 2.53. The van der Waals surface area contributed by atoms with Crippen molar-refractivity contribution in [3.63, 3.8) is 0 Å². The zero-order valence-electron chi connectivity index (χ0n) is 10.4. The van der Waals surface area contributed by atoms with Crippen LogP contribution in [0.15, 0.2) is 30.5 Å². The molecule has 1 amide bonds. The normalized spacial score (nSPS) is 10.3. The molecule has 1 aromatic heterocycles. The summed E-state index contributed by atoms with van der Waals surface area (Å²) in [5, 5.41) is 1.01. The Kier molecular flexibility index (Phi) is 3.62. The van der Waals surface area contributed by atoms with Crippen molar-refractivity contribution in [3.8, 4) is 0 Å². The van der Waals surface area contributed by atoms with Crippen LogP contribution in [-0.4, -0.2) is 22.8 Å². The molecule has 0 aliphatic rings. The van der Waals surface area contributed by atoms with Crippen LogP contribution in [0.25, 0.3) is 0 Å². The van der Waals surface area contributed by atoms with Gasteiger partial charge in [0.2, 0.25) is 0 Å². The van der Waals surface area contributed by atoms with Crippen molar-refractivity contribution in [2.45, 2.75) is 13.5 Å². The van der Waals surface area contributed by atoms with Crippen LogP contribution in [0.4, 0.5) is 5.69 Å². The summed E-state index contributed by atoms with van der Waals surface area (Å²) in [5.41, 5.74) is 6.90. The minimum absolute atomic E-state index is 0.0129. The lowest BCUT2D eigenvalue weighted by Crippen LogP contribution is -2.25. The average Bonchev–Trinajstić information content (AvgIpc) is 2.75. The number of nitrogens with two attached hydrogens (primary N) is 1. The molecule has 94 valence electrons. The molecule has 2 rings (SSSR count). The zero-order chi connectivity index (χ0) is 13.1. The van der Waals surface area contributed by atoms with E-state index in [1.54, 1.807) is 47.5 Å². The number of aryl methyl sites for hydroxylation is 1. The summed E-state index contributed by atoms with van der Waals surface area (Å²) >= 11 is 1.61. The van der Waals surface area contributed by atoms with Crippen LogP contribution < -0.4 is 5.73 Å². The van der Waals surface area contributed by atoms with Crippen molar-refractivity contribution in [2.24, 2.45) is 0 Å². The second-order valence-corrected chi connectivity index (χ2v) is 5.45. The van der Waals surface area contributed by atoms with Gasteiger partial charge in [-0.2, -0.15) is 0 Å². The van der Waals surface area contributed by atoms with Crippen molar-refractivity contribution >= 4 is 22.9 Å². The molecule has 0 aliphatic heterocycles. The van der Waals surface area contributed by atoms with Gasteiger partial charge < -0.3 is 10.6 Å². The summed E-state index contributed by atoms with van der Waals surface area (Å²) in [6.07, 6.45) is 1.81. The Morgan fingerprint density at radius 3 is 2.61 bits per heavy atom. The van der Waals surface area contributed by atoms with E-state index >= 15 is 0 Å². The van der Waals surface area contributed by atoms with Gasteiger partial charge in [-0.05, 0) is 31.2 Å². The first-order chi connectivity index (χ1) is 8.56. The molecule has 4 nitrogen and oxygen atoms in total. The van der Waals surface area contributed by atoms with Crippen molar-refractivity contribution in [2.75, 3.05) is 12.8 Å². The van der Waals surface area contributed by atoms with Gasteiger partial charge in [-0.1, -0.05) is 0 Å². The summed E-state index contributed by atoms with van der Waals surface area (Å²) in [7, 11) is 1.79. The zero-order valence-corrected chi connectivity index (χ0v) is 11.2. The van der Waals surface area contributed by atoms with Gasteiger partial charge in [-0.3, -0.25) is 4.79 Å². The Labute approximate surface area is 110 Å².